The molecule has 1 atom stereocenters. The zero-order valence-corrected chi connectivity index (χ0v) is 15.6. The molecule has 1 heterocycles. The van der Waals surface area contributed by atoms with E-state index in [0.29, 0.717) is 5.92 Å². The maximum atomic E-state index is 13.1. The predicted molar refractivity (Wildman–Crippen MR) is 110 cm³/mol. The Morgan fingerprint density at radius 3 is 2.20 bits per heavy atom. The summed E-state index contributed by atoms with van der Waals surface area (Å²) in [6.45, 7) is 6.44. The number of rotatable bonds is 2. The highest BCUT2D eigenvalue weighted by Gasteiger charge is 2.23. The molecule has 0 aliphatic heterocycles. The van der Waals surface area contributed by atoms with Gasteiger partial charge in [-0.25, -0.2) is 0 Å². The maximum Gasteiger partial charge on any atom is 0.203 e. The van der Waals surface area contributed by atoms with Crippen LogP contribution in [0.25, 0.3) is 25.1 Å². The van der Waals surface area contributed by atoms with Crippen LogP contribution in [0, 0.1) is 6.92 Å². The Morgan fingerprint density at radius 2 is 1.48 bits per heavy atom. The van der Waals surface area contributed by atoms with Crippen LogP contribution in [-0.2, 0) is 0 Å². The van der Waals surface area contributed by atoms with Crippen LogP contribution in [-0.4, -0.2) is 0 Å². The Morgan fingerprint density at radius 1 is 0.800 bits per heavy atom. The minimum absolute atomic E-state index is 0.156. The summed E-state index contributed by atoms with van der Waals surface area (Å²) in [5.41, 5.74) is 2.63. The van der Waals surface area contributed by atoms with Gasteiger partial charge in [-0.3, -0.25) is 4.79 Å². The fourth-order valence-electron chi connectivity index (χ4n) is 3.29. The summed E-state index contributed by atoms with van der Waals surface area (Å²) in [6.07, 6.45) is 0. The topological polar surface area (TPSA) is 17.1 Å². The molecular weight excluding hydrogens is 324 g/mol. The molecule has 1 unspecified atom stereocenters. The van der Waals surface area contributed by atoms with Crippen molar-refractivity contribution in [1.82, 2.24) is 0 Å². The molecule has 0 saturated carbocycles. The van der Waals surface area contributed by atoms with Gasteiger partial charge < -0.3 is 0 Å². The third-order valence-corrected chi connectivity index (χ3v) is 7.08. The van der Waals surface area contributed by atoms with E-state index in [-0.39, 0.29) is 15.9 Å². The van der Waals surface area contributed by atoms with E-state index < -0.39 is 0 Å². The molecule has 0 N–H and O–H groups in total. The highest BCUT2D eigenvalue weighted by molar-refractivity contribution is 7.49. The standard InChI is InChI=1S/C23H21OS/c1-15(2)17-10-13-22-20(14-17)23(24)19-6-4-5-7-21(19)25(22)18-11-8-16(3)9-12-18/h4-15H,1-3H3/q+1. The summed E-state index contributed by atoms with van der Waals surface area (Å²) in [4.78, 5) is 14.4. The SMILES string of the molecule is Cc1ccc(-[s+]2c3ccccc3c(=O)c3cc(C(C)C)ccc32)cc1. The van der Waals surface area contributed by atoms with Gasteiger partial charge in [0.05, 0.1) is 10.8 Å². The summed E-state index contributed by atoms with van der Waals surface area (Å²) in [6, 6.07) is 23.2. The van der Waals surface area contributed by atoms with Crippen molar-refractivity contribution in [2.24, 2.45) is 0 Å². The normalized spacial score (nSPS) is 12.2. The van der Waals surface area contributed by atoms with E-state index in [9.17, 15) is 4.79 Å². The molecule has 4 rings (SSSR count). The average molecular weight is 345 g/mol. The zero-order valence-electron chi connectivity index (χ0n) is 14.7. The first-order chi connectivity index (χ1) is 12.1. The Bertz CT molecular complexity index is 1130. The van der Waals surface area contributed by atoms with Gasteiger partial charge in [0.1, 0.15) is 0 Å². The van der Waals surface area contributed by atoms with Crippen molar-refractivity contribution in [3.05, 3.63) is 88.1 Å². The summed E-state index contributed by atoms with van der Waals surface area (Å²) in [5, 5.41) is 1.72. The first-order valence-corrected chi connectivity index (χ1v) is 9.87. The van der Waals surface area contributed by atoms with Crippen molar-refractivity contribution in [2.75, 3.05) is 0 Å². The molecule has 1 aromatic heterocycles. The fraction of sp³-hybridized carbons (Fsp3) is 0.174. The average Bonchev–Trinajstić information content (AvgIpc) is 2.63. The lowest BCUT2D eigenvalue weighted by atomic mass is 10.0. The molecule has 0 aliphatic rings. The van der Waals surface area contributed by atoms with E-state index in [1.807, 2.05) is 18.2 Å². The Balaban J connectivity index is 2.19. The highest BCUT2D eigenvalue weighted by Crippen LogP contribution is 2.43. The van der Waals surface area contributed by atoms with Gasteiger partial charge in [0.25, 0.3) is 0 Å². The molecule has 0 saturated heterocycles. The number of benzene rings is 3. The molecule has 0 spiro atoms. The fourth-order valence-corrected chi connectivity index (χ4v) is 5.61. The van der Waals surface area contributed by atoms with Crippen molar-refractivity contribution in [3.63, 3.8) is 0 Å². The van der Waals surface area contributed by atoms with E-state index in [1.165, 1.54) is 16.0 Å². The Labute approximate surface area is 150 Å². The molecule has 1 nitrogen and oxygen atoms in total. The van der Waals surface area contributed by atoms with Gasteiger partial charge in [0, 0.05) is 10.5 Å². The van der Waals surface area contributed by atoms with Crippen LogP contribution < -0.4 is 5.43 Å². The van der Waals surface area contributed by atoms with Gasteiger partial charge in [-0.15, -0.1) is 0 Å². The van der Waals surface area contributed by atoms with Gasteiger partial charge in [-0.05, 0) is 54.8 Å². The van der Waals surface area contributed by atoms with Crippen LogP contribution >= 0.6 is 10.5 Å². The van der Waals surface area contributed by atoms with Gasteiger partial charge >= 0.3 is 0 Å². The van der Waals surface area contributed by atoms with Gasteiger partial charge in [-0.2, -0.15) is 0 Å². The van der Waals surface area contributed by atoms with Gasteiger partial charge in [0.2, 0.25) is 5.43 Å². The Hall–Kier alpha value is -2.45. The third-order valence-electron chi connectivity index (χ3n) is 4.74. The van der Waals surface area contributed by atoms with E-state index in [1.54, 1.807) is 0 Å². The molecule has 4 aromatic rings. The zero-order chi connectivity index (χ0) is 17.6. The molecule has 0 aliphatic carbocycles. The second kappa shape index (κ2) is 6.12. The monoisotopic (exact) mass is 345 g/mol. The van der Waals surface area contributed by atoms with Crippen LogP contribution in [0.15, 0.2) is 71.5 Å². The van der Waals surface area contributed by atoms with E-state index in [2.05, 4.69) is 69.3 Å². The van der Waals surface area contributed by atoms with Crippen LogP contribution in [0.1, 0.15) is 30.9 Å². The van der Waals surface area contributed by atoms with Crippen molar-refractivity contribution >= 4 is 30.6 Å². The molecule has 124 valence electrons. The molecule has 0 amide bonds. The number of hydrogen-bond acceptors (Lipinski definition) is 1. The van der Waals surface area contributed by atoms with Crippen molar-refractivity contribution < 1.29 is 0 Å². The minimum atomic E-state index is -0.229. The van der Waals surface area contributed by atoms with Crippen molar-refractivity contribution in [1.29, 1.82) is 0 Å². The molecule has 25 heavy (non-hydrogen) atoms. The molecular formula is C23H21OS+. The lowest BCUT2D eigenvalue weighted by molar-refractivity contribution is 0.869. The lowest BCUT2D eigenvalue weighted by Gasteiger charge is -2.07. The minimum Gasteiger partial charge on any atom is -0.288 e. The summed E-state index contributed by atoms with van der Waals surface area (Å²) >= 11 is 0. The second-order valence-electron chi connectivity index (χ2n) is 6.85. The van der Waals surface area contributed by atoms with E-state index in [4.69, 9.17) is 0 Å². The molecule has 0 radical (unpaired) electrons. The summed E-state index contributed by atoms with van der Waals surface area (Å²) in [5.74, 6) is 0.413. The van der Waals surface area contributed by atoms with Gasteiger partial charge in [-0.1, -0.05) is 49.7 Å². The number of hydrogen-bond donors (Lipinski definition) is 0. The van der Waals surface area contributed by atoms with Crippen molar-refractivity contribution in [3.8, 4) is 4.90 Å². The summed E-state index contributed by atoms with van der Waals surface area (Å²) in [7, 11) is -0.229. The van der Waals surface area contributed by atoms with Crippen LogP contribution in [0.5, 0.6) is 0 Å². The molecule has 2 heteroatoms. The van der Waals surface area contributed by atoms with Crippen molar-refractivity contribution in [2.45, 2.75) is 26.7 Å². The summed E-state index contributed by atoms with van der Waals surface area (Å²) < 4.78 is 2.29. The maximum absolute atomic E-state index is 13.1. The Kier molecular flexibility index (Phi) is 3.93. The lowest BCUT2D eigenvalue weighted by Crippen LogP contribution is -2.03. The van der Waals surface area contributed by atoms with E-state index in [0.717, 1.165) is 20.2 Å². The quantitative estimate of drug-likeness (QED) is 0.298. The molecule has 0 fully saturated rings. The van der Waals surface area contributed by atoms with Crippen LogP contribution in [0.2, 0.25) is 0 Å². The number of fused-ring (bicyclic) bond motifs is 2. The highest BCUT2D eigenvalue weighted by atomic mass is 32.2. The first kappa shape index (κ1) is 16.0. The molecule has 3 aromatic carbocycles. The number of aryl methyl sites for hydroxylation is 1. The first-order valence-electron chi connectivity index (χ1n) is 8.65. The smallest absolute Gasteiger partial charge is 0.203 e. The van der Waals surface area contributed by atoms with Crippen LogP contribution in [0.3, 0.4) is 0 Å². The van der Waals surface area contributed by atoms with Gasteiger partial charge in [0.15, 0.2) is 14.3 Å². The second-order valence-corrected chi connectivity index (χ2v) is 8.82. The largest absolute Gasteiger partial charge is 0.288 e. The molecule has 0 bridgehead atoms. The van der Waals surface area contributed by atoms with Crippen LogP contribution in [0.4, 0.5) is 0 Å². The van der Waals surface area contributed by atoms with E-state index >= 15 is 0 Å². The third kappa shape index (κ3) is 2.67. The predicted octanol–water partition coefficient (Wildman–Crippen LogP) is 6.52.